The van der Waals surface area contributed by atoms with E-state index in [1.54, 1.807) is 0 Å². The highest BCUT2D eigenvalue weighted by Gasteiger charge is 2.32. The van der Waals surface area contributed by atoms with Gasteiger partial charge in [0.05, 0.1) is 24.6 Å². The van der Waals surface area contributed by atoms with Gasteiger partial charge in [0.25, 0.3) is 11.8 Å². The van der Waals surface area contributed by atoms with E-state index in [0.717, 1.165) is 34.9 Å². The summed E-state index contributed by atoms with van der Waals surface area (Å²) in [6.07, 6.45) is 1.97. The Morgan fingerprint density at radius 2 is 1.45 bits per heavy atom. The number of hydrogen-bond acceptors (Lipinski definition) is 8. The first-order valence-corrected chi connectivity index (χ1v) is 13.4. The van der Waals surface area contributed by atoms with Crippen molar-refractivity contribution in [2.75, 3.05) is 0 Å². The third-order valence-corrected chi connectivity index (χ3v) is 6.29. The van der Waals surface area contributed by atoms with Crippen LogP contribution in [-0.2, 0) is 36.3 Å². The van der Waals surface area contributed by atoms with Crippen molar-refractivity contribution in [3.63, 3.8) is 0 Å². The molecule has 0 aliphatic heterocycles. The summed E-state index contributed by atoms with van der Waals surface area (Å²) in [6, 6.07) is 4.68. The number of amides is 2. The Morgan fingerprint density at radius 3 is 2.02 bits per heavy atom. The molecule has 0 unspecified atom stereocenters. The second-order valence-corrected chi connectivity index (χ2v) is 10.3. The molecule has 0 radical (unpaired) electrons. The largest absolute Gasteiger partial charge is 0.433 e. The summed E-state index contributed by atoms with van der Waals surface area (Å²) < 4.78 is 65.2. The number of pyridine rings is 2. The maximum Gasteiger partial charge on any atom is 0.433 e. The third-order valence-electron chi connectivity index (χ3n) is 5.67. The lowest BCUT2D eigenvalue weighted by Crippen LogP contribution is -2.24. The first kappa shape index (κ1) is 30.8. The van der Waals surface area contributed by atoms with Gasteiger partial charge in [0.15, 0.2) is 11.4 Å². The van der Waals surface area contributed by atoms with Crippen LogP contribution in [0.25, 0.3) is 0 Å². The molecule has 4 aromatic rings. The molecule has 0 bridgehead atoms. The fraction of sp³-hybridized carbons (Fsp3) is 0.333. The molecule has 0 aliphatic rings. The summed E-state index contributed by atoms with van der Waals surface area (Å²) >= 11 is 1.01. The zero-order valence-electron chi connectivity index (χ0n) is 21.5. The Bertz CT molecular complexity index is 1420. The van der Waals surface area contributed by atoms with Crippen LogP contribution in [0.1, 0.15) is 56.3 Å². The Labute approximate surface area is 248 Å². The van der Waals surface area contributed by atoms with Crippen molar-refractivity contribution in [2.24, 2.45) is 0 Å². The molecule has 2 amide bonds. The van der Waals surface area contributed by atoms with E-state index in [2.05, 4.69) is 41.2 Å². The van der Waals surface area contributed by atoms with Crippen LogP contribution in [0.4, 0.5) is 22.0 Å². The zero-order valence-corrected chi connectivity index (χ0v) is 23.7. The van der Waals surface area contributed by atoms with Gasteiger partial charge in [0.1, 0.15) is 5.69 Å². The van der Waals surface area contributed by atoms with E-state index < -0.39 is 27.6 Å². The molecule has 4 aromatic heterocycles. The van der Waals surface area contributed by atoms with Crippen LogP contribution in [0.15, 0.2) is 49.1 Å². The zero-order chi connectivity index (χ0) is 30.3. The molecule has 0 saturated carbocycles. The second-order valence-electron chi connectivity index (χ2n) is 8.90. The molecule has 12 nitrogen and oxygen atoms in total. The lowest BCUT2D eigenvalue weighted by atomic mass is 10.2. The Kier molecular flexibility index (Phi) is 9.74. The molecule has 42 heavy (non-hydrogen) atoms. The molecule has 0 aliphatic carbocycles. The molecule has 0 atom stereocenters. The van der Waals surface area contributed by atoms with Gasteiger partial charge in [-0.3, -0.25) is 23.9 Å². The van der Waals surface area contributed by atoms with Gasteiger partial charge < -0.3 is 10.6 Å². The van der Waals surface area contributed by atoms with Crippen LogP contribution in [0, 0.1) is 0 Å². The number of nitrogens with zero attached hydrogens (tertiary/aromatic N) is 8. The van der Waals surface area contributed by atoms with Gasteiger partial charge in [-0.1, -0.05) is 16.5 Å². The highest BCUT2D eigenvalue weighted by molar-refractivity contribution is 14.1. The van der Waals surface area contributed by atoms with Crippen molar-refractivity contribution >= 4 is 34.4 Å². The molecule has 0 aromatic carbocycles. The van der Waals surface area contributed by atoms with E-state index in [0.29, 0.717) is 31.5 Å². The number of unbranched alkanes of at least 4 members (excludes halogenated alkanes) is 1. The fourth-order valence-corrected chi connectivity index (χ4v) is 3.88. The summed E-state index contributed by atoms with van der Waals surface area (Å²) in [5, 5.41) is 20.5. The Balaban J connectivity index is 1.18. The molecule has 2 N–H and O–H groups in total. The van der Waals surface area contributed by atoms with Crippen molar-refractivity contribution in [2.45, 2.75) is 49.1 Å². The molecule has 222 valence electrons. The van der Waals surface area contributed by atoms with Crippen LogP contribution in [-0.4, -0.2) is 51.8 Å². The highest BCUT2D eigenvalue weighted by atomic mass is 127. The maximum atomic E-state index is 13.5. The number of carbonyl (C=O) groups excluding carboxylic acids is 2. The summed E-state index contributed by atoms with van der Waals surface area (Å²) in [4.78, 5) is 31.9. The summed E-state index contributed by atoms with van der Waals surface area (Å²) in [7, 11) is 0. The molecule has 0 spiro atoms. The first-order chi connectivity index (χ1) is 19.9. The number of hydrogen-bond donors (Lipinski definition) is 2. The van der Waals surface area contributed by atoms with Crippen molar-refractivity contribution in [1.29, 1.82) is 0 Å². The number of halogens is 6. The van der Waals surface area contributed by atoms with Gasteiger partial charge in [-0.2, -0.15) is 22.0 Å². The third kappa shape index (κ3) is 8.70. The van der Waals surface area contributed by atoms with Crippen LogP contribution < -0.4 is 10.6 Å². The molecule has 4 rings (SSSR count). The van der Waals surface area contributed by atoms with Crippen molar-refractivity contribution < 1.29 is 31.5 Å². The minimum absolute atomic E-state index is 0.000537. The Hall–Kier alpha value is -4.10. The van der Waals surface area contributed by atoms with Crippen molar-refractivity contribution in [3.05, 3.63) is 83.0 Å². The summed E-state index contributed by atoms with van der Waals surface area (Å²) in [5.41, 5.74) is -0.798. The minimum atomic E-state index is -4.58. The number of rotatable bonds is 12. The summed E-state index contributed by atoms with van der Waals surface area (Å²) in [5.74, 6) is -1.13. The van der Waals surface area contributed by atoms with Crippen molar-refractivity contribution in [1.82, 2.24) is 50.6 Å². The predicted octanol–water partition coefficient (Wildman–Crippen LogP) is 3.50. The van der Waals surface area contributed by atoms with Gasteiger partial charge in [-0.25, -0.2) is 4.98 Å². The smallest absolute Gasteiger partial charge is 0.346 e. The summed E-state index contributed by atoms with van der Waals surface area (Å²) in [6.45, 7) is 0.624. The van der Waals surface area contributed by atoms with E-state index in [4.69, 9.17) is 0 Å². The van der Waals surface area contributed by atoms with Crippen LogP contribution >= 0.6 is 22.6 Å². The lowest BCUT2D eigenvalue weighted by molar-refractivity contribution is -0.141. The van der Waals surface area contributed by atoms with E-state index >= 15 is 0 Å². The SMILES string of the molecule is O=C(NCc1cncc(C(F)(F)I)c1)c1cn(CCCCn2cc(C(=O)NCc3cccc(C(F)(F)F)n3)nn2)nn1. The number of aromatic nitrogens is 8. The molecular weight excluding hydrogens is 682 g/mol. The molecular formula is C24H22F5IN10O2. The second kappa shape index (κ2) is 13.3. The molecule has 0 saturated heterocycles. The van der Waals surface area contributed by atoms with E-state index in [1.165, 1.54) is 46.2 Å². The maximum absolute atomic E-state index is 13.5. The van der Waals surface area contributed by atoms with E-state index in [1.807, 2.05) is 0 Å². The first-order valence-electron chi connectivity index (χ1n) is 12.3. The number of aryl methyl sites for hydroxylation is 2. The normalized spacial score (nSPS) is 11.9. The van der Waals surface area contributed by atoms with Gasteiger partial charge >= 0.3 is 10.1 Å². The van der Waals surface area contributed by atoms with Gasteiger partial charge in [0, 0.05) is 60.2 Å². The van der Waals surface area contributed by atoms with Crippen LogP contribution in [0.3, 0.4) is 0 Å². The van der Waals surface area contributed by atoms with E-state index in [9.17, 15) is 31.5 Å². The van der Waals surface area contributed by atoms with Gasteiger partial charge in [-0.15, -0.1) is 10.2 Å². The molecule has 18 heteroatoms. The van der Waals surface area contributed by atoms with E-state index in [-0.39, 0.29) is 35.7 Å². The number of nitrogens with one attached hydrogen (secondary N) is 2. The predicted molar refractivity (Wildman–Crippen MR) is 143 cm³/mol. The topological polar surface area (TPSA) is 145 Å². The highest BCUT2D eigenvalue weighted by Crippen LogP contribution is 2.34. The van der Waals surface area contributed by atoms with Crippen molar-refractivity contribution in [3.8, 4) is 0 Å². The molecule has 0 fully saturated rings. The van der Waals surface area contributed by atoms with Gasteiger partial charge in [0.2, 0.25) is 0 Å². The molecule has 4 heterocycles. The lowest BCUT2D eigenvalue weighted by Gasteiger charge is -2.10. The van der Waals surface area contributed by atoms with Gasteiger partial charge in [-0.05, 0) is 36.6 Å². The average Bonchev–Trinajstić information content (AvgIpc) is 3.62. The monoisotopic (exact) mass is 704 g/mol. The minimum Gasteiger partial charge on any atom is -0.346 e. The average molecular weight is 704 g/mol. The standard InChI is InChI=1S/C24H22F5IN10O2/c25-23(26,27)20-5-3-4-17(34-20)12-33-22(42)19-14-40(38-36-19)7-2-1-6-39-13-18(35-37-39)21(41)32-10-15-8-16(11-31-9-15)24(28,29)30/h3-5,8-9,11,13-14H,1-2,6-7,10,12H2,(H,32,41)(H,33,42). The Morgan fingerprint density at radius 1 is 0.857 bits per heavy atom. The fourth-order valence-electron chi connectivity index (χ4n) is 3.58. The quantitative estimate of drug-likeness (QED) is 0.0988. The number of carbonyl (C=O) groups is 2. The van der Waals surface area contributed by atoms with Crippen LogP contribution in [0.5, 0.6) is 0 Å². The van der Waals surface area contributed by atoms with Crippen LogP contribution in [0.2, 0.25) is 0 Å². The number of alkyl halides is 6.